The van der Waals surface area contributed by atoms with Gasteiger partial charge in [0.15, 0.2) is 6.04 Å². The summed E-state index contributed by atoms with van der Waals surface area (Å²) in [7, 11) is 1.07. The van der Waals surface area contributed by atoms with Crippen LogP contribution in [-0.2, 0) is 19.1 Å². The highest BCUT2D eigenvalue weighted by Gasteiger charge is 2.26. The fourth-order valence-electron chi connectivity index (χ4n) is 2.08. The monoisotopic (exact) mass is 370 g/mol. The molecule has 0 aliphatic rings. The maximum atomic E-state index is 12.2. The van der Waals surface area contributed by atoms with Gasteiger partial charge in [-0.25, -0.2) is 9.59 Å². The highest BCUT2D eigenvalue weighted by atomic mass is 16.7. The van der Waals surface area contributed by atoms with E-state index in [0.717, 1.165) is 7.11 Å². The van der Waals surface area contributed by atoms with Gasteiger partial charge < -0.3 is 20.5 Å². The molecule has 1 atom stereocenters. The molecule has 0 saturated heterocycles. The van der Waals surface area contributed by atoms with Crippen molar-refractivity contribution < 1.29 is 23.9 Å². The van der Waals surface area contributed by atoms with Gasteiger partial charge in [0.25, 0.3) is 0 Å². The van der Waals surface area contributed by atoms with Crippen LogP contribution in [0.25, 0.3) is 0 Å². The highest BCUT2D eigenvalue weighted by Crippen LogP contribution is 2.14. The number of nitrogens with zero attached hydrogens (tertiary/aromatic N) is 2. The summed E-state index contributed by atoms with van der Waals surface area (Å²) in [6, 6.07) is 10.4. The molecule has 2 rings (SSSR count). The fourth-order valence-corrected chi connectivity index (χ4v) is 2.08. The number of amidine groups is 1. The number of aromatic nitrogens is 1. The summed E-state index contributed by atoms with van der Waals surface area (Å²) in [6.07, 6.45) is 1.92. The van der Waals surface area contributed by atoms with Crippen molar-refractivity contribution >= 4 is 23.9 Å². The number of pyridine rings is 1. The molecule has 0 radical (unpaired) electrons. The number of carbonyl (C=O) groups is 3. The van der Waals surface area contributed by atoms with Crippen molar-refractivity contribution in [2.24, 2.45) is 10.7 Å². The van der Waals surface area contributed by atoms with E-state index in [1.54, 1.807) is 54.9 Å². The number of nitrogens with two attached hydrogens (primary N) is 1. The third kappa shape index (κ3) is 5.92. The Kier molecular flexibility index (Phi) is 7.00. The lowest BCUT2D eigenvalue weighted by Gasteiger charge is -2.16. The van der Waals surface area contributed by atoms with Gasteiger partial charge in [0.2, 0.25) is 5.91 Å². The van der Waals surface area contributed by atoms with Gasteiger partial charge in [0.1, 0.15) is 12.4 Å². The van der Waals surface area contributed by atoms with E-state index in [-0.39, 0.29) is 12.4 Å². The average Bonchev–Trinajstić information content (AvgIpc) is 2.71. The molecule has 0 bridgehead atoms. The van der Waals surface area contributed by atoms with E-state index in [9.17, 15) is 14.4 Å². The molecular weight excluding hydrogens is 352 g/mol. The van der Waals surface area contributed by atoms with Gasteiger partial charge in [-0.1, -0.05) is 30.3 Å². The number of benzene rings is 1. The number of esters is 1. The molecule has 3 N–H and O–H groups in total. The molecule has 27 heavy (non-hydrogen) atoms. The molecule has 0 fully saturated rings. The molecule has 1 aromatic carbocycles. The topological polar surface area (TPSA) is 133 Å². The van der Waals surface area contributed by atoms with Crippen molar-refractivity contribution in [1.82, 2.24) is 10.3 Å². The van der Waals surface area contributed by atoms with E-state index in [4.69, 9.17) is 5.73 Å². The molecule has 140 valence electrons. The lowest BCUT2D eigenvalue weighted by molar-refractivity contribution is -0.144. The Labute approximate surface area is 155 Å². The highest BCUT2D eigenvalue weighted by molar-refractivity contribution is 5.98. The summed E-state index contributed by atoms with van der Waals surface area (Å²) in [5, 5.41) is 2.47. The van der Waals surface area contributed by atoms with Crippen LogP contribution in [0.5, 0.6) is 0 Å². The fraction of sp³-hybridized carbons (Fsp3) is 0.167. The summed E-state index contributed by atoms with van der Waals surface area (Å²) in [5.41, 5.74) is 6.87. The van der Waals surface area contributed by atoms with Crippen LogP contribution in [0.15, 0.2) is 59.9 Å². The molecule has 9 nitrogen and oxygen atoms in total. The van der Waals surface area contributed by atoms with E-state index in [1.807, 2.05) is 0 Å². The minimum absolute atomic E-state index is 0.154. The molecule has 0 saturated carbocycles. The summed E-state index contributed by atoms with van der Waals surface area (Å²) in [6.45, 7) is -0.316. The number of hydrogen-bond donors (Lipinski definition) is 2. The van der Waals surface area contributed by atoms with E-state index in [1.165, 1.54) is 0 Å². The number of nitrogens with one attached hydrogen (secondary N) is 1. The van der Waals surface area contributed by atoms with Crippen molar-refractivity contribution in [3.05, 3.63) is 66.0 Å². The van der Waals surface area contributed by atoms with Crippen LogP contribution in [0.1, 0.15) is 17.2 Å². The normalized spacial score (nSPS) is 12.0. The number of ether oxygens (including phenoxy) is 2. The van der Waals surface area contributed by atoms with Crippen LogP contribution in [0.3, 0.4) is 0 Å². The summed E-state index contributed by atoms with van der Waals surface area (Å²) in [4.78, 5) is 43.5. The minimum Gasteiger partial charge on any atom is -0.437 e. The maximum absolute atomic E-state index is 12.2. The third-order valence-electron chi connectivity index (χ3n) is 3.39. The zero-order chi connectivity index (χ0) is 19.6. The minimum atomic E-state index is -1.20. The molecular formula is C18H18N4O5. The van der Waals surface area contributed by atoms with Gasteiger partial charge in [-0.15, -0.1) is 0 Å². The second-order valence-corrected chi connectivity index (χ2v) is 5.22. The first-order valence-corrected chi connectivity index (χ1v) is 7.85. The molecule has 0 unspecified atom stereocenters. The number of hydrogen-bond acceptors (Lipinski definition) is 7. The first kappa shape index (κ1) is 19.6. The first-order chi connectivity index (χ1) is 13.0. The molecule has 2 aromatic rings. The van der Waals surface area contributed by atoms with Crippen molar-refractivity contribution in [3.63, 3.8) is 0 Å². The summed E-state index contributed by atoms with van der Waals surface area (Å²) >= 11 is 0. The Bertz CT molecular complexity index is 824. The molecule has 1 heterocycles. The Hall–Kier alpha value is -3.75. The Morgan fingerprint density at radius 3 is 2.44 bits per heavy atom. The van der Waals surface area contributed by atoms with Crippen molar-refractivity contribution in [2.45, 2.75) is 6.04 Å². The molecule has 0 spiro atoms. The van der Waals surface area contributed by atoms with Crippen molar-refractivity contribution in [1.29, 1.82) is 0 Å². The number of carbonyl (C=O) groups excluding carboxylic acids is 3. The van der Waals surface area contributed by atoms with E-state index < -0.39 is 24.1 Å². The van der Waals surface area contributed by atoms with Gasteiger partial charge in [-0.3, -0.25) is 14.8 Å². The SMILES string of the molecule is COC(=O)OC(=O)[C@H](NC(=O)CN=C(N)c1ccncc1)c1ccccc1. The number of rotatable bonds is 6. The Morgan fingerprint density at radius 1 is 1.15 bits per heavy atom. The zero-order valence-electron chi connectivity index (χ0n) is 14.5. The average molecular weight is 370 g/mol. The van der Waals surface area contributed by atoms with Crippen molar-refractivity contribution in [2.75, 3.05) is 13.7 Å². The molecule has 1 amide bonds. The Balaban J connectivity index is 2.09. The summed E-state index contributed by atoms with van der Waals surface area (Å²) in [5.74, 6) is -1.41. The number of aliphatic imine (C=N–C) groups is 1. The number of methoxy groups -OCH3 is 1. The predicted octanol–water partition coefficient (Wildman–Crippen LogP) is 0.954. The first-order valence-electron chi connectivity index (χ1n) is 7.85. The van der Waals surface area contributed by atoms with Crippen LogP contribution in [0.4, 0.5) is 4.79 Å². The van der Waals surface area contributed by atoms with Crippen LogP contribution in [-0.4, -0.2) is 42.5 Å². The van der Waals surface area contributed by atoms with Gasteiger partial charge >= 0.3 is 12.1 Å². The quantitative estimate of drug-likeness (QED) is 0.335. The van der Waals surface area contributed by atoms with Gasteiger partial charge in [-0.2, -0.15) is 0 Å². The van der Waals surface area contributed by atoms with E-state index >= 15 is 0 Å². The predicted molar refractivity (Wildman–Crippen MR) is 95.7 cm³/mol. The lowest BCUT2D eigenvalue weighted by atomic mass is 10.1. The van der Waals surface area contributed by atoms with Crippen molar-refractivity contribution in [3.8, 4) is 0 Å². The zero-order valence-corrected chi connectivity index (χ0v) is 14.5. The summed E-state index contributed by atoms with van der Waals surface area (Å²) < 4.78 is 8.83. The second-order valence-electron chi connectivity index (χ2n) is 5.22. The van der Waals surface area contributed by atoms with Gasteiger partial charge in [0.05, 0.1) is 7.11 Å². The Morgan fingerprint density at radius 2 is 1.81 bits per heavy atom. The van der Waals surface area contributed by atoms with Crippen LogP contribution in [0.2, 0.25) is 0 Å². The lowest BCUT2D eigenvalue weighted by Crippen LogP contribution is -2.37. The van der Waals surface area contributed by atoms with E-state index in [0.29, 0.717) is 11.1 Å². The van der Waals surface area contributed by atoms with Crippen LogP contribution >= 0.6 is 0 Å². The third-order valence-corrected chi connectivity index (χ3v) is 3.39. The number of amides is 1. The largest absolute Gasteiger partial charge is 0.515 e. The molecule has 1 aromatic heterocycles. The second kappa shape index (κ2) is 9.66. The van der Waals surface area contributed by atoms with E-state index in [2.05, 4.69) is 24.8 Å². The molecule has 0 aliphatic heterocycles. The molecule has 0 aliphatic carbocycles. The van der Waals surface area contributed by atoms with Gasteiger partial charge in [-0.05, 0) is 17.7 Å². The van der Waals surface area contributed by atoms with Crippen LogP contribution < -0.4 is 11.1 Å². The van der Waals surface area contributed by atoms with Gasteiger partial charge in [0, 0.05) is 18.0 Å². The standard InChI is InChI=1S/C18H18N4O5/c1-26-18(25)27-17(24)15(12-5-3-2-4-6-12)22-14(23)11-21-16(19)13-7-9-20-10-8-13/h2-10,15H,11H2,1H3,(H2,19,21)(H,22,23)/t15-/m1/s1. The maximum Gasteiger partial charge on any atom is 0.515 e. The van der Waals surface area contributed by atoms with Crippen LogP contribution in [0, 0.1) is 0 Å². The molecule has 9 heteroatoms. The smallest absolute Gasteiger partial charge is 0.437 e.